The molecule has 0 aliphatic rings. The van der Waals surface area contributed by atoms with Gasteiger partial charge >= 0.3 is 5.97 Å². The van der Waals surface area contributed by atoms with Gasteiger partial charge in [0.1, 0.15) is 0 Å². The van der Waals surface area contributed by atoms with Gasteiger partial charge in [-0.2, -0.15) is 0 Å². The van der Waals surface area contributed by atoms with Crippen LogP contribution in [0.15, 0.2) is 0 Å². The minimum absolute atomic E-state index is 0.371. The Morgan fingerprint density at radius 1 is 0.913 bits per heavy atom. The number of hydrogen-bond donors (Lipinski definition) is 1. The number of carboxylic acids is 1. The predicted molar refractivity (Wildman–Crippen MR) is 99.7 cm³/mol. The van der Waals surface area contributed by atoms with Crippen LogP contribution < -0.4 is 0 Å². The van der Waals surface area contributed by atoms with Crippen molar-refractivity contribution in [2.45, 2.75) is 110 Å². The van der Waals surface area contributed by atoms with Gasteiger partial charge in [0.05, 0.1) is 20.1 Å². The molecule has 0 aromatic carbocycles. The molecule has 1 atom stereocenters. The molecule has 0 aliphatic carbocycles. The van der Waals surface area contributed by atoms with Crippen molar-refractivity contribution in [3.63, 3.8) is 0 Å². The summed E-state index contributed by atoms with van der Waals surface area (Å²) >= 11 is 0. The van der Waals surface area contributed by atoms with Gasteiger partial charge in [0.2, 0.25) is 0 Å². The maximum Gasteiger partial charge on any atom is 0.365 e. The molecular weight excluding hydrogens is 286 g/mol. The highest BCUT2D eigenvalue weighted by Gasteiger charge is 2.46. The smallest absolute Gasteiger partial charge is 0.365 e. The molecular formula is C20H42NO2+. The number of rotatable bonds is 14. The van der Waals surface area contributed by atoms with Crippen molar-refractivity contribution >= 4 is 5.97 Å². The van der Waals surface area contributed by atoms with Crippen LogP contribution in [0.5, 0.6) is 0 Å². The van der Waals surface area contributed by atoms with E-state index in [9.17, 15) is 9.90 Å². The summed E-state index contributed by atoms with van der Waals surface area (Å²) in [6.45, 7) is 8.13. The van der Waals surface area contributed by atoms with E-state index in [0.29, 0.717) is 10.5 Å². The normalized spacial score (nSPS) is 14.0. The zero-order valence-electron chi connectivity index (χ0n) is 16.7. The summed E-state index contributed by atoms with van der Waals surface area (Å²) in [7, 11) is 4.10. The fourth-order valence-electron chi connectivity index (χ4n) is 3.05. The second kappa shape index (κ2) is 11.1. The summed E-state index contributed by atoms with van der Waals surface area (Å²) in [6, 6.07) is 0.371. The van der Waals surface area contributed by atoms with Gasteiger partial charge in [0, 0.05) is 13.8 Å². The third kappa shape index (κ3) is 7.69. The lowest BCUT2D eigenvalue weighted by atomic mass is 9.95. The quantitative estimate of drug-likeness (QED) is 0.331. The van der Waals surface area contributed by atoms with Crippen LogP contribution >= 0.6 is 0 Å². The van der Waals surface area contributed by atoms with E-state index in [1.807, 2.05) is 13.8 Å². The van der Waals surface area contributed by atoms with E-state index < -0.39 is 11.5 Å². The van der Waals surface area contributed by atoms with E-state index in [4.69, 9.17) is 0 Å². The molecule has 3 nitrogen and oxygen atoms in total. The molecule has 0 aliphatic heterocycles. The van der Waals surface area contributed by atoms with E-state index in [0.717, 1.165) is 6.42 Å². The molecule has 1 N–H and O–H groups in total. The van der Waals surface area contributed by atoms with Crippen LogP contribution in [-0.4, -0.2) is 41.2 Å². The molecule has 0 heterocycles. The van der Waals surface area contributed by atoms with Crippen molar-refractivity contribution in [1.29, 1.82) is 0 Å². The Bertz CT molecular complexity index is 324. The summed E-state index contributed by atoms with van der Waals surface area (Å²) in [5.41, 5.74) is -0.738. The third-order valence-corrected chi connectivity index (χ3v) is 6.04. The highest BCUT2D eigenvalue weighted by atomic mass is 16.4. The SMILES string of the molecule is CCCCCCCCCCCCC(C)[N+](C)(C)C(C)(C)C(=O)O. The molecule has 0 fully saturated rings. The van der Waals surface area contributed by atoms with Crippen molar-refractivity contribution in [3.05, 3.63) is 0 Å². The molecule has 0 rings (SSSR count). The molecule has 1 unspecified atom stereocenters. The molecule has 0 radical (unpaired) electrons. The Labute approximate surface area is 145 Å². The molecule has 0 spiro atoms. The van der Waals surface area contributed by atoms with Crippen molar-refractivity contribution in [2.75, 3.05) is 14.1 Å². The minimum atomic E-state index is -0.738. The van der Waals surface area contributed by atoms with Gasteiger partial charge in [-0.3, -0.25) is 0 Å². The van der Waals surface area contributed by atoms with Crippen LogP contribution in [0.4, 0.5) is 0 Å². The molecule has 0 saturated carbocycles. The second-order valence-electron chi connectivity index (χ2n) is 8.22. The topological polar surface area (TPSA) is 37.3 Å². The highest BCUT2D eigenvalue weighted by Crippen LogP contribution is 2.27. The molecule has 138 valence electrons. The minimum Gasteiger partial charge on any atom is -0.477 e. The Kier molecular flexibility index (Phi) is 10.8. The van der Waals surface area contributed by atoms with E-state index in [1.165, 1.54) is 64.2 Å². The lowest BCUT2D eigenvalue weighted by molar-refractivity contribution is -0.949. The first kappa shape index (κ1) is 22.4. The Morgan fingerprint density at radius 3 is 1.70 bits per heavy atom. The van der Waals surface area contributed by atoms with Crippen LogP contribution in [0.1, 0.15) is 98.3 Å². The summed E-state index contributed by atoms with van der Waals surface area (Å²) in [5.74, 6) is -0.711. The monoisotopic (exact) mass is 328 g/mol. The first-order chi connectivity index (χ1) is 10.7. The van der Waals surface area contributed by atoms with E-state index in [-0.39, 0.29) is 0 Å². The standard InChI is InChI=1S/C20H41NO2/c1-7-8-9-10-11-12-13-14-15-16-17-18(2)21(5,6)20(3,4)19(22)23/h18H,7-17H2,1-6H3/p+1. The molecule has 0 amide bonds. The summed E-state index contributed by atoms with van der Waals surface area (Å²) in [5, 5.41) is 9.46. The van der Waals surface area contributed by atoms with Gasteiger partial charge in [0.25, 0.3) is 0 Å². The molecule has 0 saturated heterocycles. The van der Waals surface area contributed by atoms with Crippen LogP contribution in [0.2, 0.25) is 0 Å². The summed E-state index contributed by atoms with van der Waals surface area (Å²) in [6.07, 6.45) is 14.6. The van der Waals surface area contributed by atoms with Crippen molar-refractivity contribution in [1.82, 2.24) is 0 Å². The van der Waals surface area contributed by atoms with Gasteiger partial charge in [-0.1, -0.05) is 64.7 Å². The van der Waals surface area contributed by atoms with E-state index in [1.54, 1.807) is 0 Å². The number of unbranched alkanes of at least 4 members (excludes halogenated alkanes) is 9. The largest absolute Gasteiger partial charge is 0.477 e. The molecule has 0 aromatic heterocycles. The van der Waals surface area contributed by atoms with Crippen LogP contribution in [0.3, 0.4) is 0 Å². The highest BCUT2D eigenvalue weighted by molar-refractivity contribution is 5.76. The van der Waals surface area contributed by atoms with Crippen LogP contribution in [-0.2, 0) is 4.79 Å². The Balaban J connectivity index is 3.82. The van der Waals surface area contributed by atoms with E-state index >= 15 is 0 Å². The fraction of sp³-hybridized carbons (Fsp3) is 0.950. The molecule has 23 heavy (non-hydrogen) atoms. The lowest BCUT2D eigenvalue weighted by Gasteiger charge is -2.46. The van der Waals surface area contributed by atoms with Gasteiger partial charge in [-0.05, 0) is 19.8 Å². The number of nitrogens with zero attached hydrogens (tertiary/aromatic N) is 1. The average molecular weight is 329 g/mol. The van der Waals surface area contributed by atoms with E-state index in [2.05, 4.69) is 27.9 Å². The Hall–Kier alpha value is -0.570. The first-order valence-corrected chi connectivity index (χ1v) is 9.75. The first-order valence-electron chi connectivity index (χ1n) is 9.75. The fourth-order valence-corrected chi connectivity index (χ4v) is 3.05. The number of quaternary nitrogens is 1. The number of aliphatic carboxylic acids is 1. The predicted octanol–water partition coefficient (Wildman–Crippen LogP) is 5.63. The maximum absolute atomic E-state index is 11.5. The number of likely N-dealkylation sites (N-methyl/N-ethyl adjacent to an activating group) is 1. The number of hydrogen-bond acceptors (Lipinski definition) is 1. The third-order valence-electron chi connectivity index (χ3n) is 6.04. The zero-order chi connectivity index (χ0) is 17.9. The van der Waals surface area contributed by atoms with Crippen molar-refractivity contribution < 1.29 is 14.4 Å². The summed E-state index contributed by atoms with van der Waals surface area (Å²) in [4.78, 5) is 11.5. The van der Waals surface area contributed by atoms with Crippen LogP contribution in [0.25, 0.3) is 0 Å². The summed E-state index contributed by atoms with van der Waals surface area (Å²) < 4.78 is 0.541. The lowest BCUT2D eigenvalue weighted by Crippen LogP contribution is -2.64. The molecule has 0 bridgehead atoms. The van der Waals surface area contributed by atoms with Gasteiger partial charge in [-0.25, -0.2) is 4.79 Å². The van der Waals surface area contributed by atoms with Gasteiger partial charge in [-0.15, -0.1) is 0 Å². The van der Waals surface area contributed by atoms with Crippen molar-refractivity contribution in [2.24, 2.45) is 0 Å². The maximum atomic E-state index is 11.5. The average Bonchev–Trinajstić information content (AvgIpc) is 2.48. The number of carbonyl (C=O) groups is 1. The van der Waals surface area contributed by atoms with Crippen molar-refractivity contribution in [3.8, 4) is 0 Å². The Morgan fingerprint density at radius 2 is 1.30 bits per heavy atom. The molecule has 3 heteroatoms. The van der Waals surface area contributed by atoms with Crippen LogP contribution in [0, 0.1) is 0 Å². The zero-order valence-corrected chi connectivity index (χ0v) is 16.7. The van der Waals surface area contributed by atoms with Gasteiger partial charge < -0.3 is 9.59 Å². The van der Waals surface area contributed by atoms with Gasteiger partial charge in [0.15, 0.2) is 5.54 Å². The second-order valence-corrected chi connectivity index (χ2v) is 8.22. The number of carboxylic acid groups (broad SMARTS) is 1. The molecule has 0 aromatic rings.